The maximum atomic E-state index is 12.4. The van der Waals surface area contributed by atoms with Gasteiger partial charge in [0.05, 0.1) is 17.5 Å². The SMILES string of the molecule is Cc1noc(C)c1CSCC(=O)N(C)C(C)c1ccc(Cl)cc1. The zero-order valence-corrected chi connectivity index (χ0v) is 15.4. The first kappa shape index (κ1) is 17.9. The molecule has 1 heterocycles. The van der Waals surface area contributed by atoms with E-state index in [1.165, 1.54) is 0 Å². The van der Waals surface area contributed by atoms with Crippen LogP contribution in [0.15, 0.2) is 28.8 Å². The molecular weight excluding hydrogens is 332 g/mol. The molecule has 4 nitrogen and oxygen atoms in total. The molecule has 0 aliphatic rings. The number of rotatable bonds is 6. The van der Waals surface area contributed by atoms with E-state index in [4.69, 9.17) is 16.1 Å². The maximum absolute atomic E-state index is 12.4. The molecule has 0 radical (unpaired) electrons. The zero-order valence-electron chi connectivity index (χ0n) is 13.8. The van der Waals surface area contributed by atoms with E-state index in [-0.39, 0.29) is 11.9 Å². The number of thioether (sulfide) groups is 1. The van der Waals surface area contributed by atoms with Crippen LogP contribution < -0.4 is 0 Å². The molecule has 0 aliphatic carbocycles. The molecule has 0 saturated carbocycles. The van der Waals surface area contributed by atoms with E-state index in [2.05, 4.69) is 5.16 Å². The van der Waals surface area contributed by atoms with Gasteiger partial charge < -0.3 is 9.42 Å². The Hall–Kier alpha value is -1.46. The molecule has 0 fully saturated rings. The first-order valence-electron chi connectivity index (χ1n) is 7.40. The van der Waals surface area contributed by atoms with Gasteiger partial charge in [-0.15, -0.1) is 11.8 Å². The molecule has 6 heteroatoms. The Morgan fingerprint density at radius 2 is 2.00 bits per heavy atom. The van der Waals surface area contributed by atoms with Crippen LogP contribution in [0.3, 0.4) is 0 Å². The molecule has 1 atom stereocenters. The average molecular weight is 353 g/mol. The van der Waals surface area contributed by atoms with E-state index in [0.717, 1.165) is 28.3 Å². The summed E-state index contributed by atoms with van der Waals surface area (Å²) < 4.78 is 5.14. The Morgan fingerprint density at radius 1 is 1.35 bits per heavy atom. The molecule has 0 bridgehead atoms. The Labute approximate surface area is 146 Å². The molecule has 1 amide bonds. The van der Waals surface area contributed by atoms with Crippen molar-refractivity contribution in [3.8, 4) is 0 Å². The average Bonchev–Trinajstić information content (AvgIpc) is 2.86. The van der Waals surface area contributed by atoms with Gasteiger partial charge in [0.2, 0.25) is 5.91 Å². The predicted octanol–water partition coefficient (Wildman–Crippen LogP) is 4.40. The molecule has 0 spiro atoms. The van der Waals surface area contributed by atoms with Gasteiger partial charge in [0.25, 0.3) is 0 Å². The number of nitrogens with zero attached hydrogens (tertiary/aromatic N) is 2. The lowest BCUT2D eigenvalue weighted by molar-refractivity contribution is -0.128. The van der Waals surface area contributed by atoms with Crippen LogP contribution in [-0.2, 0) is 10.5 Å². The first-order chi connectivity index (χ1) is 10.9. The van der Waals surface area contributed by atoms with Gasteiger partial charge in [-0.2, -0.15) is 0 Å². The summed E-state index contributed by atoms with van der Waals surface area (Å²) in [6.07, 6.45) is 0. The molecule has 2 rings (SSSR count). The summed E-state index contributed by atoms with van der Waals surface area (Å²) in [5, 5.41) is 4.63. The number of aryl methyl sites for hydroxylation is 2. The fraction of sp³-hybridized carbons (Fsp3) is 0.412. The highest BCUT2D eigenvalue weighted by molar-refractivity contribution is 7.99. The summed E-state index contributed by atoms with van der Waals surface area (Å²) >= 11 is 7.48. The lowest BCUT2D eigenvalue weighted by Gasteiger charge is -2.25. The second-order valence-corrected chi connectivity index (χ2v) is 6.95. The van der Waals surface area contributed by atoms with Gasteiger partial charge in [-0.25, -0.2) is 0 Å². The van der Waals surface area contributed by atoms with E-state index in [1.54, 1.807) is 16.7 Å². The smallest absolute Gasteiger partial charge is 0.232 e. The van der Waals surface area contributed by atoms with Crippen molar-refractivity contribution in [3.05, 3.63) is 51.9 Å². The van der Waals surface area contributed by atoms with Crippen molar-refractivity contribution in [2.75, 3.05) is 12.8 Å². The van der Waals surface area contributed by atoms with Gasteiger partial charge in [-0.1, -0.05) is 28.9 Å². The van der Waals surface area contributed by atoms with Crippen LogP contribution in [0.5, 0.6) is 0 Å². The summed E-state index contributed by atoms with van der Waals surface area (Å²) in [6.45, 7) is 5.83. The molecule has 0 N–H and O–H groups in total. The fourth-order valence-electron chi connectivity index (χ4n) is 2.23. The van der Waals surface area contributed by atoms with E-state index in [1.807, 2.05) is 52.1 Å². The number of amides is 1. The minimum Gasteiger partial charge on any atom is -0.361 e. The van der Waals surface area contributed by atoms with Crippen molar-refractivity contribution >= 4 is 29.3 Å². The largest absolute Gasteiger partial charge is 0.361 e. The Balaban J connectivity index is 1.88. The van der Waals surface area contributed by atoms with E-state index < -0.39 is 0 Å². The molecule has 0 aliphatic heterocycles. The molecule has 124 valence electrons. The zero-order chi connectivity index (χ0) is 17.0. The normalized spacial score (nSPS) is 12.2. The summed E-state index contributed by atoms with van der Waals surface area (Å²) in [5.41, 5.74) is 3.04. The third-order valence-electron chi connectivity index (χ3n) is 3.98. The van der Waals surface area contributed by atoms with Crippen LogP contribution in [0.25, 0.3) is 0 Å². The lowest BCUT2D eigenvalue weighted by Crippen LogP contribution is -2.31. The summed E-state index contributed by atoms with van der Waals surface area (Å²) in [5.74, 6) is 2.09. The topological polar surface area (TPSA) is 46.3 Å². The quantitative estimate of drug-likeness (QED) is 0.773. The predicted molar refractivity (Wildman–Crippen MR) is 94.8 cm³/mol. The monoisotopic (exact) mass is 352 g/mol. The van der Waals surface area contributed by atoms with Gasteiger partial charge in [0, 0.05) is 23.4 Å². The highest BCUT2D eigenvalue weighted by Crippen LogP contribution is 2.23. The number of aromatic nitrogens is 1. The number of hydrogen-bond acceptors (Lipinski definition) is 4. The van der Waals surface area contributed by atoms with Crippen LogP contribution >= 0.6 is 23.4 Å². The van der Waals surface area contributed by atoms with Gasteiger partial charge in [0.15, 0.2) is 0 Å². The van der Waals surface area contributed by atoms with Crippen LogP contribution in [0, 0.1) is 13.8 Å². The molecule has 2 aromatic rings. The number of carbonyl (C=O) groups is 1. The molecule has 23 heavy (non-hydrogen) atoms. The van der Waals surface area contributed by atoms with Gasteiger partial charge >= 0.3 is 0 Å². The van der Waals surface area contributed by atoms with Crippen molar-refractivity contribution in [1.82, 2.24) is 10.1 Å². The Bertz CT molecular complexity index is 650. The molecule has 1 unspecified atom stereocenters. The Kier molecular flexibility index (Phi) is 6.13. The maximum Gasteiger partial charge on any atom is 0.232 e. The third kappa shape index (κ3) is 4.52. The molecular formula is C17H21ClN2O2S. The highest BCUT2D eigenvalue weighted by Gasteiger charge is 2.18. The van der Waals surface area contributed by atoms with Gasteiger partial charge in [0.1, 0.15) is 5.76 Å². The third-order valence-corrected chi connectivity index (χ3v) is 5.18. The second kappa shape index (κ2) is 7.88. The van der Waals surface area contributed by atoms with Crippen LogP contribution in [0.1, 0.15) is 35.5 Å². The number of hydrogen-bond donors (Lipinski definition) is 0. The van der Waals surface area contributed by atoms with Crippen LogP contribution in [0.4, 0.5) is 0 Å². The highest BCUT2D eigenvalue weighted by atomic mass is 35.5. The van der Waals surface area contributed by atoms with Crippen LogP contribution in [-0.4, -0.2) is 28.8 Å². The van der Waals surface area contributed by atoms with Crippen molar-refractivity contribution in [1.29, 1.82) is 0 Å². The summed E-state index contributed by atoms with van der Waals surface area (Å²) in [4.78, 5) is 14.1. The minimum absolute atomic E-state index is 0.0134. The van der Waals surface area contributed by atoms with Gasteiger partial charge in [-0.05, 0) is 38.5 Å². The van der Waals surface area contributed by atoms with Crippen molar-refractivity contribution in [2.45, 2.75) is 32.6 Å². The number of carbonyl (C=O) groups excluding carboxylic acids is 1. The first-order valence-corrected chi connectivity index (χ1v) is 8.94. The lowest BCUT2D eigenvalue weighted by atomic mass is 10.1. The van der Waals surface area contributed by atoms with E-state index >= 15 is 0 Å². The number of benzene rings is 1. The summed E-state index contributed by atoms with van der Waals surface area (Å²) in [7, 11) is 1.83. The molecule has 1 aromatic carbocycles. The standard InChI is InChI=1S/C17H21ClN2O2S/c1-11-16(13(3)22-19-11)9-23-10-17(21)20(4)12(2)14-5-7-15(18)8-6-14/h5-8,12H,9-10H2,1-4H3. The second-order valence-electron chi connectivity index (χ2n) is 5.53. The van der Waals surface area contributed by atoms with Crippen molar-refractivity contribution in [3.63, 3.8) is 0 Å². The molecule has 1 aromatic heterocycles. The van der Waals surface area contributed by atoms with Crippen molar-refractivity contribution < 1.29 is 9.32 Å². The fourth-order valence-corrected chi connectivity index (χ4v) is 3.45. The van der Waals surface area contributed by atoms with Gasteiger partial charge in [-0.3, -0.25) is 4.79 Å². The molecule has 0 saturated heterocycles. The van der Waals surface area contributed by atoms with E-state index in [0.29, 0.717) is 10.8 Å². The Morgan fingerprint density at radius 3 is 2.57 bits per heavy atom. The van der Waals surface area contributed by atoms with E-state index in [9.17, 15) is 4.79 Å². The van der Waals surface area contributed by atoms with Crippen LogP contribution in [0.2, 0.25) is 5.02 Å². The summed E-state index contributed by atoms with van der Waals surface area (Å²) in [6, 6.07) is 7.61. The van der Waals surface area contributed by atoms with Crippen molar-refractivity contribution in [2.24, 2.45) is 0 Å². The number of halogens is 1. The minimum atomic E-state index is 0.0134.